The first-order chi connectivity index (χ1) is 10.6. The zero-order valence-electron chi connectivity index (χ0n) is 13.3. The predicted molar refractivity (Wildman–Crippen MR) is 86.9 cm³/mol. The van der Waals surface area contributed by atoms with Gasteiger partial charge in [-0.05, 0) is 24.6 Å². The molecule has 1 amide bonds. The Kier molecular flexibility index (Phi) is 5.79. The number of amides is 1. The molecule has 2 N–H and O–H groups in total. The lowest BCUT2D eigenvalue weighted by Gasteiger charge is -2.20. The number of hydrogen-bond acceptors (Lipinski definition) is 6. The number of ether oxygens (including phenoxy) is 3. The summed E-state index contributed by atoms with van der Waals surface area (Å²) in [5.74, 6) is 3.32. The summed E-state index contributed by atoms with van der Waals surface area (Å²) in [6, 6.07) is 3.41. The third-order valence-electron chi connectivity index (χ3n) is 3.58. The lowest BCUT2D eigenvalue weighted by molar-refractivity contribution is -0.123. The van der Waals surface area contributed by atoms with Gasteiger partial charge in [0.1, 0.15) is 0 Å². The molecule has 2 rings (SSSR count). The highest BCUT2D eigenvalue weighted by molar-refractivity contribution is 7.99. The van der Waals surface area contributed by atoms with Crippen molar-refractivity contribution in [1.29, 1.82) is 0 Å². The maximum Gasteiger partial charge on any atom is 0.238 e. The van der Waals surface area contributed by atoms with Crippen LogP contribution in [0.15, 0.2) is 12.1 Å². The molecule has 2 unspecified atom stereocenters. The summed E-state index contributed by atoms with van der Waals surface area (Å²) in [7, 11) is 4.71. The van der Waals surface area contributed by atoms with E-state index < -0.39 is 0 Å². The van der Waals surface area contributed by atoms with E-state index in [0.717, 1.165) is 17.2 Å². The molecular weight excluding hydrogens is 304 g/mol. The van der Waals surface area contributed by atoms with Crippen molar-refractivity contribution in [2.75, 3.05) is 33.0 Å². The van der Waals surface area contributed by atoms with Gasteiger partial charge in [-0.1, -0.05) is 0 Å². The third-order valence-corrected chi connectivity index (χ3v) is 4.52. The lowest BCUT2D eigenvalue weighted by atomic mass is 10.1. The summed E-state index contributed by atoms with van der Waals surface area (Å²) in [4.78, 5) is 12.2. The molecule has 2 atom stereocenters. The van der Waals surface area contributed by atoms with Gasteiger partial charge in [-0.3, -0.25) is 10.1 Å². The quantitative estimate of drug-likeness (QED) is 0.827. The van der Waals surface area contributed by atoms with Crippen LogP contribution in [-0.2, 0) is 4.79 Å². The van der Waals surface area contributed by atoms with Crippen LogP contribution in [0.2, 0.25) is 0 Å². The van der Waals surface area contributed by atoms with Crippen molar-refractivity contribution in [3.05, 3.63) is 17.7 Å². The van der Waals surface area contributed by atoms with Gasteiger partial charge >= 0.3 is 0 Å². The molecular formula is C15H22N2O4S. The topological polar surface area (TPSA) is 68.8 Å². The number of carbonyl (C=O) groups excluding carboxylic acids is 1. The smallest absolute Gasteiger partial charge is 0.238 e. The Balaban J connectivity index is 2.17. The summed E-state index contributed by atoms with van der Waals surface area (Å²) in [6.45, 7) is 1.93. The number of methoxy groups -OCH3 is 3. The highest BCUT2D eigenvalue weighted by Crippen LogP contribution is 2.39. The van der Waals surface area contributed by atoms with Crippen molar-refractivity contribution >= 4 is 17.7 Å². The van der Waals surface area contributed by atoms with Crippen LogP contribution in [0, 0.1) is 0 Å². The van der Waals surface area contributed by atoms with E-state index in [9.17, 15) is 4.79 Å². The van der Waals surface area contributed by atoms with Crippen LogP contribution in [0.3, 0.4) is 0 Å². The molecule has 1 aromatic carbocycles. The van der Waals surface area contributed by atoms with E-state index in [2.05, 4.69) is 10.6 Å². The van der Waals surface area contributed by atoms with Gasteiger partial charge in [0.2, 0.25) is 11.7 Å². The highest BCUT2D eigenvalue weighted by Gasteiger charge is 2.24. The Morgan fingerprint density at radius 1 is 1.27 bits per heavy atom. The Morgan fingerprint density at radius 2 is 1.91 bits per heavy atom. The molecule has 1 fully saturated rings. The molecule has 1 heterocycles. The maximum atomic E-state index is 12.2. The standard InChI is InChI=1S/C15H22N2O4S/c1-9(17-15(18)11-7-22-8-16-11)10-5-12(19-2)14(21-4)13(6-10)20-3/h5-6,9,11,16H,7-8H2,1-4H3,(H,17,18). The minimum atomic E-state index is -0.159. The molecule has 0 bridgehead atoms. The average Bonchev–Trinajstić information content (AvgIpc) is 3.07. The number of hydrogen-bond donors (Lipinski definition) is 2. The second-order valence-electron chi connectivity index (χ2n) is 4.96. The molecule has 1 aromatic rings. The van der Waals surface area contributed by atoms with Crippen molar-refractivity contribution in [1.82, 2.24) is 10.6 Å². The molecule has 22 heavy (non-hydrogen) atoms. The van der Waals surface area contributed by atoms with Gasteiger partial charge in [0, 0.05) is 11.6 Å². The maximum absolute atomic E-state index is 12.2. The lowest BCUT2D eigenvalue weighted by Crippen LogP contribution is -2.42. The van der Waals surface area contributed by atoms with E-state index in [4.69, 9.17) is 14.2 Å². The molecule has 122 valence electrons. The second kappa shape index (κ2) is 7.60. The van der Waals surface area contributed by atoms with Crippen molar-refractivity contribution in [2.45, 2.75) is 19.0 Å². The van der Waals surface area contributed by atoms with Crippen LogP contribution in [0.4, 0.5) is 0 Å². The minimum Gasteiger partial charge on any atom is -0.493 e. The molecule has 0 radical (unpaired) electrons. The normalized spacial score (nSPS) is 18.6. The molecule has 7 heteroatoms. The van der Waals surface area contributed by atoms with Crippen LogP contribution in [0.5, 0.6) is 17.2 Å². The molecule has 0 aliphatic carbocycles. The Labute approximate surface area is 134 Å². The molecule has 1 saturated heterocycles. The monoisotopic (exact) mass is 326 g/mol. The van der Waals surface area contributed by atoms with Crippen molar-refractivity contribution < 1.29 is 19.0 Å². The van der Waals surface area contributed by atoms with Crippen LogP contribution in [0.1, 0.15) is 18.5 Å². The first-order valence-corrected chi connectivity index (χ1v) is 8.17. The van der Waals surface area contributed by atoms with Crippen LogP contribution in [-0.4, -0.2) is 44.9 Å². The summed E-state index contributed by atoms with van der Waals surface area (Å²) in [5.41, 5.74) is 0.897. The summed E-state index contributed by atoms with van der Waals surface area (Å²) >= 11 is 1.72. The number of nitrogens with one attached hydrogen (secondary N) is 2. The molecule has 0 aromatic heterocycles. The molecule has 1 aliphatic rings. The van der Waals surface area contributed by atoms with E-state index in [1.54, 1.807) is 33.1 Å². The van der Waals surface area contributed by atoms with Gasteiger partial charge in [-0.15, -0.1) is 11.8 Å². The average molecular weight is 326 g/mol. The Hall–Kier alpha value is -1.60. The van der Waals surface area contributed by atoms with Crippen LogP contribution < -0.4 is 24.8 Å². The summed E-state index contributed by atoms with van der Waals surface area (Å²) in [5, 5.41) is 6.17. The highest BCUT2D eigenvalue weighted by atomic mass is 32.2. The van der Waals surface area contributed by atoms with Gasteiger partial charge < -0.3 is 19.5 Å². The van der Waals surface area contributed by atoms with E-state index >= 15 is 0 Å². The van der Waals surface area contributed by atoms with Crippen molar-refractivity contribution in [3.8, 4) is 17.2 Å². The summed E-state index contributed by atoms with van der Waals surface area (Å²) in [6.07, 6.45) is 0. The zero-order valence-corrected chi connectivity index (χ0v) is 14.1. The third kappa shape index (κ3) is 3.59. The Bertz CT molecular complexity index is 507. The van der Waals surface area contributed by atoms with Gasteiger partial charge in [0.15, 0.2) is 11.5 Å². The summed E-state index contributed by atoms with van der Waals surface area (Å²) < 4.78 is 16.0. The zero-order chi connectivity index (χ0) is 16.1. The Morgan fingerprint density at radius 3 is 2.36 bits per heavy atom. The number of benzene rings is 1. The number of carbonyl (C=O) groups is 1. The SMILES string of the molecule is COc1cc(C(C)NC(=O)C2CSCN2)cc(OC)c1OC. The minimum absolute atomic E-state index is 0.00579. The molecule has 1 aliphatic heterocycles. The number of thioether (sulfide) groups is 1. The van der Waals surface area contributed by atoms with Gasteiger partial charge in [0.05, 0.1) is 33.4 Å². The van der Waals surface area contributed by atoms with Crippen LogP contribution in [0.25, 0.3) is 0 Å². The largest absolute Gasteiger partial charge is 0.493 e. The van der Waals surface area contributed by atoms with E-state index in [1.165, 1.54) is 0 Å². The fraction of sp³-hybridized carbons (Fsp3) is 0.533. The van der Waals surface area contributed by atoms with Gasteiger partial charge in [-0.25, -0.2) is 0 Å². The first-order valence-electron chi connectivity index (χ1n) is 7.02. The van der Waals surface area contributed by atoms with E-state index in [-0.39, 0.29) is 18.0 Å². The van der Waals surface area contributed by atoms with E-state index in [1.807, 2.05) is 19.1 Å². The molecule has 6 nitrogen and oxygen atoms in total. The van der Waals surface area contributed by atoms with E-state index in [0.29, 0.717) is 17.2 Å². The van der Waals surface area contributed by atoms with Crippen molar-refractivity contribution in [3.63, 3.8) is 0 Å². The fourth-order valence-corrected chi connectivity index (χ4v) is 3.25. The molecule has 0 saturated carbocycles. The number of rotatable bonds is 6. The van der Waals surface area contributed by atoms with Gasteiger partial charge in [0.25, 0.3) is 0 Å². The van der Waals surface area contributed by atoms with Crippen LogP contribution >= 0.6 is 11.8 Å². The van der Waals surface area contributed by atoms with Gasteiger partial charge in [-0.2, -0.15) is 0 Å². The second-order valence-corrected chi connectivity index (χ2v) is 5.99. The predicted octanol–water partition coefficient (Wildman–Crippen LogP) is 1.55. The first kappa shape index (κ1) is 16.8. The van der Waals surface area contributed by atoms with Crippen molar-refractivity contribution in [2.24, 2.45) is 0 Å². The fourth-order valence-electron chi connectivity index (χ4n) is 2.31. The molecule has 0 spiro atoms.